The molecule has 0 unspecified atom stereocenters. The van der Waals surface area contributed by atoms with Crippen LogP contribution in [-0.4, -0.2) is 66.1 Å². The number of likely N-dealkylation sites (tertiary alicyclic amines) is 2. The molecule has 180 valence electrons. The standard InChI is InChI=1S/C21H26F6N2O3/c1-2-31-16-6-4-15(5-7-16)14-29-11-3-8-19(29)9-12-28(13-10-19)18(30)32-17(20(22,23)24)21(25,26)27/h4-7,17H,2-3,8-14H2,1H3. The summed E-state index contributed by atoms with van der Waals surface area (Å²) in [4.78, 5) is 15.3. The number of amides is 1. The Kier molecular flexibility index (Phi) is 7.16. The number of alkyl halides is 6. The van der Waals surface area contributed by atoms with Gasteiger partial charge < -0.3 is 14.4 Å². The molecule has 0 N–H and O–H groups in total. The van der Waals surface area contributed by atoms with Gasteiger partial charge in [0.25, 0.3) is 6.10 Å². The highest BCUT2D eigenvalue weighted by Crippen LogP contribution is 2.40. The maximum absolute atomic E-state index is 12.7. The molecule has 3 rings (SSSR count). The maximum atomic E-state index is 12.7. The van der Waals surface area contributed by atoms with Gasteiger partial charge in [0, 0.05) is 25.2 Å². The predicted octanol–water partition coefficient (Wildman–Crippen LogP) is 5.15. The van der Waals surface area contributed by atoms with E-state index in [0.717, 1.165) is 35.6 Å². The molecule has 1 spiro atoms. The van der Waals surface area contributed by atoms with Gasteiger partial charge in [0.15, 0.2) is 0 Å². The van der Waals surface area contributed by atoms with Gasteiger partial charge in [-0.05, 0) is 56.8 Å². The quantitative estimate of drug-likeness (QED) is 0.561. The van der Waals surface area contributed by atoms with Crippen molar-refractivity contribution in [2.45, 2.75) is 63.1 Å². The first-order chi connectivity index (χ1) is 14.9. The predicted molar refractivity (Wildman–Crippen MR) is 103 cm³/mol. The molecular formula is C21H26F6N2O3. The largest absolute Gasteiger partial charge is 0.494 e. The van der Waals surface area contributed by atoms with Crippen LogP contribution in [0.25, 0.3) is 0 Å². The van der Waals surface area contributed by atoms with E-state index < -0.39 is 24.5 Å². The van der Waals surface area contributed by atoms with Crippen LogP contribution in [0.4, 0.5) is 31.1 Å². The number of ether oxygens (including phenoxy) is 2. The second-order valence-corrected chi connectivity index (χ2v) is 8.16. The SMILES string of the molecule is CCOc1ccc(CN2CCCC23CCN(C(=O)OC(C(F)(F)F)C(F)(F)F)CC3)cc1. The molecule has 0 aliphatic carbocycles. The summed E-state index contributed by atoms with van der Waals surface area (Å²) in [6.45, 7) is 4.06. The summed E-state index contributed by atoms with van der Waals surface area (Å²) in [5.41, 5.74) is 0.845. The van der Waals surface area contributed by atoms with E-state index in [1.807, 2.05) is 31.2 Å². The van der Waals surface area contributed by atoms with E-state index in [1.165, 1.54) is 0 Å². The van der Waals surface area contributed by atoms with Gasteiger partial charge in [-0.2, -0.15) is 26.3 Å². The van der Waals surface area contributed by atoms with Gasteiger partial charge in [-0.1, -0.05) is 12.1 Å². The minimum atomic E-state index is -5.72. The lowest BCUT2D eigenvalue weighted by Crippen LogP contribution is -2.54. The third-order valence-corrected chi connectivity index (χ3v) is 6.11. The van der Waals surface area contributed by atoms with Crippen molar-refractivity contribution in [2.24, 2.45) is 0 Å². The summed E-state index contributed by atoms with van der Waals surface area (Å²) in [5, 5.41) is 0. The van der Waals surface area contributed by atoms with E-state index >= 15 is 0 Å². The van der Waals surface area contributed by atoms with E-state index in [9.17, 15) is 31.1 Å². The fourth-order valence-corrected chi connectivity index (χ4v) is 4.49. The van der Waals surface area contributed by atoms with E-state index in [0.29, 0.717) is 26.0 Å². The molecule has 1 aromatic rings. The van der Waals surface area contributed by atoms with Gasteiger partial charge in [-0.15, -0.1) is 0 Å². The third kappa shape index (κ3) is 5.60. The lowest BCUT2D eigenvalue weighted by Gasteiger charge is -2.45. The smallest absolute Gasteiger partial charge is 0.434 e. The Morgan fingerprint density at radius 2 is 1.59 bits per heavy atom. The van der Waals surface area contributed by atoms with Crippen LogP contribution in [0.1, 0.15) is 38.2 Å². The molecule has 1 aromatic carbocycles. The van der Waals surface area contributed by atoms with Gasteiger partial charge in [0.2, 0.25) is 0 Å². The van der Waals surface area contributed by atoms with Gasteiger partial charge in [-0.3, -0.25) is 4.90 Å². The van der Waals surface area contributed by atoms with Crippen LogP contribution < -0.4 is 4.74 Å². The molecule has 2 aliphatic heterocycles. The number of benzene rings is 1. The van der Waals surface area contributed by atoms with Crippen molar-refractivity contribution >= 4 is 6.09 Å². The molecule has 0 atom stereocenters. The first-order valence-corrected chi connectivity index (χ1v) is 10.5. The maximum Gasteiger partial charge on any atom is 0.434 e. The number of rotatable bonds is 5. The monoisotopic (exact) mass is 468 g/mol. The van der Waals surface area contributed by atoms with Crippen LogP contribution in [0.3, 0.4) is 0 Å². The molecule has 0 bridgehead atoms. The van der Waals surface area contributed by atoms with Crippen LogP contribution >= 0.6 is 0 Å². The van der Waals surface area contributed by atoms with Crippen LogP contribution in [-0.2, 0) is 11.3 Å². The van der Waals surface area contributed by atoms with Gasteiger partial charge in [0.05, 0.1) is 6.61 Å². The molecule has 32 heavy (non-hydrogen) atoms. The number of halogens is 6. The van der Waals surface area contributed by atoms with Gasteiger partial charge >= 0.3 is 18.4 Å². The number of hydrogen-bond acceptors (Lipinski definition) is 4. The zero-order valence-electron chi connectivity index (χ0n) is 17.6. The Morgan fingerprint density at radius 3 is 2.12 bits per heavy atom. The van der Waals surface area contributed by atoms with Crippen molar-refractivity contribution in [1.29, 1.82) is 0 Å². The highest BCUT2D eigenvalue weighted by molar-refractivity contribution is 5.68. The Balaban J connectivity index is 1.60. The van der Waals surface area contributed by atoms with Crippen molar-refractivity contribution in [3.8, 4) is 5.75 Å². The molecule has 5 nitrogen and oxygen atoms in total. The number of carbonyl (C=O) groups is 1. The van der Waals surface area contributed by atoms with Crippen LogP contribution in [0.5, 0.6) is 5.75 Å². The van der Waals surface area contributed by atoms with Crippen molar-refractivity contribution in [3.63, 3.8) is 0 Å². The summed E-state index contributed by atoms with van der Waals surface area (Å²) in [5.74, 6) is 0.773. The van der Waals surface area contributed by atoms with Crippen molar-refractivity contribution in [2.75, 3.05) is 26.2 Å². The van der Waals surface area contributed by atoms with E-state index in [4.69, 9.17) is 4.74 Å². The fourth-order valence-electron chi connectivity index (χ4n) is 4.49. The zero-order chi connectivity index (χ0) is 23.6. The van der Waals surface area contributed by atoms with E-state index in [-0.39, 0.29) is 18.6 Å². The minimum Gasteiger partial charge on any atom is -0.494 e. The van der Waals surface area contributed by atoms with Gasteiger partial charge in [-0.25, -0.2) is 4.79 Å². The van der Waals surface area contributed by atoms with Crippen LogP contribution in [0.15, 0.2) is 24.3 Å². The van der Waals surface area contributed by atoms with E-state index in [1.54, 1.807) is 0 Å². The number of nitrogens with zero attached hydrogens (tertiary/aromatic N) is 2. The summed E-state index contributed by atoms with van der Waals surface area (Å²) < 4.78 is 85.4. The average molecular weight is 468 g/mol. The molecule has 2 heterocycles. The first kappa shape index (κ1) is 24.5. The van der Waals surface area contributed by atoms with E-state index in [2.05, 4.69) is 9.64 Å². The Labute approximate surface area is 182 Å². The molecule has 0 aromatic heterocycles. The molecule has 2 fully saturated rings. The lowest BCUT2D eigenvalue weighted by atomic mass is 9.85. The molecular weight excluding hydrogens is 442 g/mol. The zero-order valence-corrected chi connectivity index (χ0v) is 17.6. The minimum absolute atomic E-state index is 0.0427. The second kappa shape index (κ2) is 9.36. The first-order valence-electron chi connectivity index (χ1n) is 10.5. The Bertz CT molecular complexity index is 759. The number of piperidine rings is 1. The Hall–Kier alpha value is -2.17. The topological polar surface area (TPSA) is 42.0 Å². The summed E-state index contributed by atoms with van der Waals surface area (Å²) >= 11 is 0. The molecule has 1 amide bonds. The van der Waals surface area contributed by atoms with Crippen molar-refractivity contribution in [1.82, 2.24) is 9.80 Å². The van der Waals surface area contributed by atoms with Crippen molar-refractivity contribution < 1.29 is 40.6 Å². The van der Waals surface area contributed by atoms with Crippen molar-refractivity contribution in [3.05, 3.63) is 29.8 Å². The molecule has 0 saturated carbocycles. The fraction of sp³-hybridized carbons (Fsp3) is 0.667. The molecule has 2 saturated heterocycles. The summed E-state index contributed by atoms with van der Waals surface area (Å²) in [6.07, 6.45) is -14.4. The molecule has 0 radical (unpaired) electrons. The molecule has 2 aliphatic rings. The van der Waals surface area contributed by atoms with Crippen LogP contribution in [0, 0.1) is 0 Å². The lowest BCUT2D eigenvalue weighted by molar-refractivity contribution is -0.308. The highest BCUT2D eigenvalue weighted by Gasteiger charge is 2.60. The van der Waals surface area contributed by atoms with Crippen LogP contribution in [0.2, 0.25) is 0 Å². The normalized spacial score (nSPS) is 19.6. The van der Waals surface area contributed by atoms with Gasteiger partial charge in [0.1, 0.15) is 5.75 Å². The number of carbonyl (C=O) groups excluding carboxylic acids is 1. The second-order valence-electron chi connectivity index (χ2n) is 8.16. The third-order valence-electron chi connectivity index (χ3n) is 6.11. The average Bonchev–Trinajstić information content (AvgIpc) is 3.08. The molecule has 11 heteroatoms. The highest BCUT2D eigenvalue weighted by atomic mass is 19.4. The summed E-state index contributed by atoms with van der Waals surface area (Å²) in [7, 11) is 0. The Morgan fingerprint density at radius 1 is 1.00 bits per heavy atom. The number of hydrogen-bond donors (Lipinski definition) is 0. The summed E-state index contributed by atoms with van der Waals surface area (Å²) in [6, 6.07) is 7.71.